The molecule has 4 aliphatic rings. The summed E-state index contributed by atoms with van der Waals surface area (Å²) in [6.07, 6.45) is -2.96. The van der Waals surface area contributed by atoms with Gasteiger partial charge in [-0.25, -0.2) is 0 Å². The van der Waals surface area contributed by atoms with Crippen LogP contribution in [0.15, 0.2) is 23.8 Å². The van der Waals surface area contributed by atoms with Gasteiger partial charge < -0.3 is 63.4 Å². The zero-order valence-corrected chi connectivity index (χ0v) is 38.9. The third kappa shape index (κ3) is 13.8. The number of methoxy groups -OCH3 is 2. The number of ketones is 1. The number of esters is 1. The van der Waals surface area contributed by atoms with E-state index in [2.05, 4.69) is 18.7 Å². The van der Waals surface area contributed by atoms with Crippen LogP contribution in [-0.2, 0) is 42.7 Å². The monoisotopic (exact) mass is 869 g/mol. The summed E-state index contributed by atoms with van der Waals surface area (Å²) in [6.45, 7) is 18.2. The lowest BCUT2D eigenvalue weighted by atomic mass is 9.79. The van der Waals surface area contributed by atoms with Crippen LogP contribution in [0, 0.1) is 35.5 Å². The van der Waals surface area contributed by atoms with E-state index in [1.165, 1.54) is 20.6 Å². The van der Waals surface area contributed by atoms with E-state index in [9.17, 15) is 30.0 Å². The minimum absolute atomic E-state index is 0.0427. The molecule has 0 aliphatic carbocycles. The highest BCUT2D eigenvalue weighted by Crippen LogP contribution is 2.36. The molecule has 0 amide bonds. The normalized spacial score (nSPS) is 44.3. The number of rotatable bonds is 12. The van der Waals surface area contributed by atoms with Crippen LogP contribution in [0.25, 0.3) is 0 Å². The summed E-state index contributed by atoms with van der Waals surface area (Å²) in [5.74, 6) is -1.46. The molecule has 19 atom stereocenters. The minimum atomic E-state index is -1.23. The molecule has 0 saturated carbocycles. The first kappa shape index (κ1) is 51.8. The maximum absolute atomic E-state index is 14.0. The predicted octanol–water partition coefficient (Wildman–Crippen LogP) is 3.34. The number of likely N-dealkylation sites (tertiary alicyclic amines) is 1. The molecule has 0 aromatic heterocycles. The van der Waals surface area contributed by atoms with Crippen molar-refractivity contribution in [1.82, 2.24) is 9.80 Å². The van der Waals surface area contributed by atoms with Gasteiger partial charge in [0.25, 0.3) is 0 Å². The molecular weight excluding hydrogens is 789 g/mol. The zero-order valence-electron chi connectivity index (χ0n) is 38.9. The number of aliphatic hydroxyl groups excluding tert-OH is 4. The maximum Gasteiger partial charge on any atom is 0.308 e. The Bertz CT molecular complexity index is 1420. The Hall–Kier alpha value is -1.86. The zero-order chi connectivity index (χ0) is 45.3. The van der Waals surface area contributed by atoms with E-state index in [1.807, 2.05) is 33.8 Å². The summed E-state index contributed by atoms with van der Waals surface area (Å²) in [7, 11) is 6.54. The van der Waals surface area contributed by atoms with Crippen molar-refractivity contribution in [3.05, 3.63) is 23.8 Å². The molecule has 4 rings (SSSR count). The van der Waals surface area contributed by atoms with Gasteiger partial charge in [0.15, 0.2) is 18.4 Å². The van der Waals surface area contributed by atoms with Crippen molar-refractivity contribution in [2.24, 2.45) is 35.5 Å². The van der Waals surface area contributed by atoms with E-state index in [-0.39, 0.29) is 24.7 Å². The molecule has 0 aromatic carbocycles. The van der Waals surface area contributed by atoms with E-state index in [0.29, 0.717) is 31.1 Å². The van der Waals surface area contributed by atoms with Gasteiger partial charge in [0, 0.05) is 45.1 Å². The van der Waals surface area contributed by atoms with E-state index < -0.39 is 103 Å². The Morgan fingerprint density at radius 2 is 1.44 bits per heavy atom. The molecule has 3 saturated heterocycles. The molecule has 0 spiro atoms. The van der Waals surface area contributed by atoms with Gasteiger partial charge in [-0.3, -0.25) is 9.59 Å². The van der Waals surface area contributed by atoms with Gasteiger partial charge in [0.05, 0.1) is 49.6 Å². The topological polar surface area (TPSA) is 186 Å². The highest BCUT2D eigenvalue weighted by molar-refractivity contribution is 5.91. The Morgan fingerprint density at radius 1 is 0.820 bits per heavy atom. The highest BCUT2D eigenvalue weighted by atomic mass is 16.7. The molecular formula is C46H80N2O13. The number of ether oxygens (including phenoxy) is 7. The van der Waals surface area contributed by atoms with Gasteiger partial charge in [-0.05, 0) is 90.9 Å². The predicted molar refractivity (Wildman–Crippen MR) is 229 cm³/mol. The standard InChI is InChI=1S/C46H80N2O13/c1-13-36-33(24-57-46-44(56-12)43(55-11)40(53)31(8)59-46)19-25(2)14-15-34(49)28(5)20-32(16-17-48-22-26(3)18-27(4)23-48)42(29(6)35(50)21-37(51)60-36)61-45-41(54)38(47(9)10)39(52)30(7)58-45/h14-15,19,26-33,35-36,38-46,50,52-54H,13,16-18,20-24H2,1-12H3/b15-14+,25-19-. The number of piperidine rings is 1. The molecule has 352 valence electrons. The van der Waals surface area contributed by atoms with Gasteiger partial charge in [0.1, 0.15) is 30.5 Å². The molecule has 19 unspecified atom stereocenters. The second kappa shape index (κ2) is 23.9. The van der Waals surface area contributed by atoms with Crippen LogP contribution < -0.4 is 0 Å². The lowest BCUT2D eigenvalue weighted by Gasteiger charge is -2.47. The maximum atomic E-state index is 14.0. The number of cyclic esters (lactones) is 1. The fraction of sp³-hybridized carbons (Fsp3) is 0.870. The number of carbonyl (C=O) groups excluding carboxylic acids is 2. The first-order valence-electron chi connectivity index (χ1n) is 22.6. The summed E-state index contributed by atoms with van der Waals surface area (Å²) in [5, 5.41) is 45.3. The molecule has 4 aliphatic heterocycles. The Labute approximate surface area is 365 Å². The minimum Gasteiger partial charge on any atom is -0.462 e. The van der Waals surface area contributed by atoms with Crippen LogP contribution in [0.1, 0.15) is 87.5 Å². The largest absolute Gasteiger partial charge is 0.462 e. The Balaban J connectivity index is 1.68. The number of allylic oxidation sites excluding steroid dienone is 3. The SMILES string of the molecule is CCC1OC(=O)CC(O)C(C)C(OC2OC(C)C(O)C(N(C)C)C2O)C(CCN2CC(C)CC(C)C2)CC(C)C(=O)/C=C/C(C)=C\C1COC1OC(C)C(O)C(OC)C1OC. The fourth-order valence-corrected chi connectivity index (χ4v) is 10.0. The number of aliphatic hydroxyl groups is 4. The van der Waals surface area contributed by atoms with Crippen molar-refractivity contribution >= 4 is 11.8 Å². The lowest BCUT2D eigenvalue weighted by molar-refractivity contribution is -0.304. The summed E-state index contributed by atoms with van der Waals surface area (Å²) < 4.78 is 42.6. The summed E-state index contributed by atoms with van der Waals surface area (Å²) in [5.41, 5.74) is 0.761. The fourth-order valence-electron chi connectivity index (χ4n) is 10.0. The molecule has 0 radical (unpaired) electrons. The summed E-state index contributed by atoms with van der Waals surface area (Å²) in [4.78, 5) is 32.1. The number of hydrogen-bond acceptors (Lipinski definition) is 15. The van der Waals surface area contributed by atoms with E-state index in [4.69, 9.17) is 33.2 Å². The van der Waals surface area contributed by atoms with Crippen LogP contribution in [0.4, 0.5) is 0 Å². The third-order valence-electron chi connectivity index (χ3n) is 13.5. The van der Waals surface area contributed by atoms with Gasteiger partial charge in [0.2, 0.25) is 0 Å². The van der Waals surface area contributed by atoms with Crippen molar-refractivity contribution in [1.29, 1.82) is 0 Å². The average Bonchev–Trinajstić information content (AvgIpc) is 3.19. The third-order valence-corrected chi connectivity index (χ3v) is 13.5. The molecule has 4 N–H and O–H groups in total. The average molecular weight is 869 g/mol. The smallest absolute Gasteiger partial charge is 0.308 e. The van der Waals surface area contributed by atoms with E-state index >= 15 is 0 Å². The molecule has 15 nitrogen and oxygen atoms in total. The van der Waals surface area contributed by atoms with Crippen molar-refractivity contribution in [2.75, 3.05) is 54.6 Å². The molecule has 0 bridgehead atoms. The summed E-state index contributed by atoms with van der Waals surface area (Å²) in [6, 6.07) is -0.684. The first-order valence-corrected chi connectivity index (χ1v) is 22.6. The van der Waals surface area contributed by atoms with E-state index in [0.717, 1.165) is 25.2 Å². The Kier molecular flexibility index (Phi) is 20.3. The molecule has 0 aromatic rings. The number of hydrogen-bond donors (Lipinski definition) is 4. The van der Waals surface area contributed by atoms with Crippen molar-refractivity contribution in [3.8, 4) is 0 Å². The lowest BCUT2D eigenvalue weighted by Crippen LogP contribution is -2.63. The van der Waals surface area contributed by atoms with Crippen LogP contribution in [-0.4, -0.2) is 176 Å². The molecule has 4 heterocycles. The molecule has 3 fully saturated rings. The van der Waals surface area contributed by atoms with Crippen molar-refractivity contribution in [3.63, 3.8) is 0 Å². The van der Waals surface area contributed by atoms with Gasteiger partial charge in [-0.1, -0.05) is 52.3 Å². The molecule has 15 heteroatoms. The van der Waals surface area contributed by atoms with E-state index in [1.54, 1.807) is 45.0 Å². The number of likely N-dealkylation sites (N-methyl/N-ethyl adjacent to an activating group) is 1. The molecule has 61 heavy (non-hydrogen) atoms. The van der Waals surface area contributed by atoms with Crippen molar-refractivity contribution < 1.29 is 63.2 Å². The summed E-state index contributed by atoms with van der Waals surface area (Å²) >= 11 is 0. The van der Waals surface area contributed by atoms with Crippen molar-refractivity contribution in [2.45, 2.75) is 167 Å². The Morgan fingerprint density at radius 3 is 2.05 bits per heavy atom. The number of nitrogens with zero attached hydrogens (tertiary/aromatic N) is 2. The van der Waals surface area contributed by atoms with Gasteiger partial charge >= 0.3 is 5.97 Å². The van der Waals surface area contributed by atoms with Crippen LogP contribution in [0.2, 0.25) is 0 Å². The van der Waals surface area contributed by atoms with Crippen LogP contribution in [0.3, 0.4) is 0 Å². The van der Waals surface area contributed by atoms with Gasteiger partial charge in [-0.2, -0.15) is 0 Å². The number of carbonyl (C=O) groups is 2. The highest BCUT2D eigenvalue weighted by Gasteiger charge is 2.48. The first-order chi connectivity index (χ1) is 28.8. The van der Waals surface area contributed by atoms with Gasteiger partial charge in [-0.15, -0.1) is 0 Å². The van der Waals surface area contributed by atoms with Crippen LogP contribution >= 0.6 is 0 Å². The second-order valence-electron chi connectivity index (χ2n) is 18.9. The quantitative estimate of drug-likeness (QED) is 0.209. The van der Waals surface area contributed by atoms with Crippen LogP contribution in [0.5, 0.6) is 0 Å². The second-order valence-corrected chi connectivity index (χ2v) is 18.9.